The third-order valence-electron chi connectivity index (χ3n) is 7.90. The SMILES string of the molecule is CCCCCCC[C@H]1CC[C@H]([C@H]2CC[C@@](CCC=CC=C(F)C#N)(OC)CC2)CC1. The summed E-state index contributed by atoms with van der Waals surface area (Å²) in [7, 11) is 1.85. The second-order valence-electron chi connectivity index (χ2n) is 9.80. The van der Waals surface area contributed by atoms with E-state index in [1.807, 2.05) is 13.2 Å². The van der Waals surface area contributed by atoms with Crippen molar-refractivity contribution in [2.75, 3.05) is 7.11 Å². The van der Waals surface area contributed by atoms with E-state index in [4.69, 9.17) is 10.00 Å². The molecule has 0 radical (unpaired) electrons. The summed E-state index contributed by atoms with van der Waals surface area (Å²) in [5, 5.41) is 8.44. The van der Waals surface area contributed by atoms with Crippen molar-refractivity contribution in [2.45, 2.75) is 115 Å². The molecule has 2 aliphatic carbocycles. The Kier molecular flexibility index (Phi) is 11.7. The monoisotopic (exact) mass is 417 g/mol. The van der Waals surface area contributed by atoms with Gasteiger partial charge in [-0.1, -0.05) is 70.4 Å². The van der Waals surface area contributed by atoms with Crippen molar-refractivity contribution in [1.29, 1.82) is 5.26 Å². The zero-order chi connectivity index (χ0) is 21.7. The van der Waals surface area contributed by atoms with E-state index in [0.717, 1.165) is 43.4 Å². The van der Waals surface area contributed by atoms with E-state index in [1.54, 1.807) is 6.08 Å². The maximum absolute atomic E-state index is 12.8. The highest BCUT2D eigenvalue weighted by Crippen LogP contribution is 2.45. The molecule has 3 heteroatoms. The van der Waals surface area contributed by atoms with Crippen LogP contribution in [0.4, 0.5) is 4.39 Å². The Balaban J connectivity index is 1.66. The minimum atomic E-state index is -0.737. The second-order valence-corrected chi connectivity index (χ2v) is 9.80. The molecule has 2 aliphatic rings. The van der Waals surface area contributed by atoms with E-state index in [0.29, 0.717) is 0 Å². The molecule has 0 atom stereocenters. The molecule has 0 aromatic heterocycles. The fraction of sp³-hybridized carbons (Fsp3) is 0.815. The number of rotatable bonds is 12. The van der Waals surface area contributed by atoms with E-state index in [1.165, 1.54) is 89.2 Å². The van der Waals surface area contributed by atoms with Crippen LogP contribution < -0.4 is 0 Å². The largest absolute Gasteiger partial charge is 0.378 e. The number of halogens is 1. The first kappa shape index (κ1) is 25.1. The summed E-state index contributed by atoms with van der Waals surface area (Å²) in [5.74, 6) is 2.09. The van der Waals surface area contributed by atoms with Gasteiger partial charge in [-0.2, -0.15) is 9.65 Å². The van der Waals surface area contributed by atoms with E-state index in [9.17, 15) is 4.39 Å². The van der Waals surface area contributed by atoms with Gasteiger partial charge in [-0.25, -0.2) is 0 Å². The van der Waals surface area contributed by atoms with Crippen LogP contribution in [0.5, 0.6) is 0 Å². The number of nitrogens with zero attached hydrogens (tertiary/aromatic N) is 1. The van der Waals surface area contributed by atoms with Gasteiger partial charge in [0.05, 0.1) is 5.60 Å². The normalized spacial score (nSPS) is 30.5. The van der Waals surface area contributed by atoms with Gasteiger partial charge in [0.25, 0.3) is 0 Å². The van der Waals surface area contributed by atoms with Crippen LogP contribution in [0.1, 0.15) is 110 Å². The molecule has 2 nitrogen and oxygen atoms in total. The minimum Gasteiger partial charge on any atom is -0.378 e. The van der Waals surface area contributed by atoms with Gasteiger partial charge in [0, 0.05) is 7.11 Å². The lowest BCUT2D eigenvalue weighted by molar-refractivity contribution is -0.0618. The summed E-state index contributed by atoms with van der Waals surface area (Å²) >= 11 is 0. The molecule has 2 rings (SSSR count). The number of methoxy groups -OCH3 is 1. The fourth-order valence-corrected chi connectivity index (χ4v) is 5.81. The average Bonchev–Trinajstić information content (AvgIpc) is 2.79. The summed E-state index contributed by atoms with van der Waals surface area (Å²) in [5.41, 5.74) is -0.00593. The molecule has 0 saturated heterocycles. The van der Waals surface area contributed by atoms with Gasteiger partial charge in [0.15, 0.2) is 5.83 Å². The molecule has 0 aliphatic heterocycles. The lowest BCUT2D eigenvalue weighted by Gasteiger charge is -2.43. The van der Waals surface area contributed by atoms with Crippen molar-refractivity contribution in [1.82, 2.24) is 0 Å². The van der Waals surface area contributed by atoms with Crippen LogP contribution in [0.2, 0.25) is 0 Å². The maximum atomic E-state index is 12.8. The molecule has 2 fully saturated rings. The highest BCUT2D eigenvalue weighted by Gasteiger charge is 2.38. The second kappa shape index (κ2) is 14.0. The zero-order valence-electron chi connectivity index (χ0n) is 19.5. The van der Waals surface area contributed by atoms with Crippen LogP contribution in [0.15, 0.2) is 24.1 Å². The summed E-state index contributed by atoms with van der Waals surface area (Å²) in [6.07, 6.45) is 25.9. The molecule has 30 heavy (non-hydrogen) atoms. The van der Waals surface area contributed by atoms with Crippen LogP contribution in [-0.4, -0.2) is 12.7 Å². The molecule has 0 unspecified atom stereocenters. The Morgan fingerprint density at radius 1 is 1.03 bits per heavy atom. The number of hydrogen-bond donors (Lipinski definition) is 0. The zero-order valence-corrected chi connectivity index (χ0v) is 19.5. The Hall–Kier alpha value is -1.14. The highest BCUT2D eigenvalue weighted by molar-refractivity contribution is 5.18. The van der Waals surface area contributed by atoms with Crippen LogP contribution in [-0.2, 0) is 4.74 Å². The number of allylic oxidation sites excluding steroid dienone is 4. The van der Waals surface area contributed by atoms with Gasteiger partial charge < -0.3 is 4.74 Å². The predicted molar refractivity (Wildman–Crippen MR) is 124 cm³/mol. The summed E-state index contributed by atoms with van der Waals surface area (Å²) in [6, 6.07) is 1.50. The van der Waals surface area contributed by atoms with Gasteiger partial charge in [0.1, 0.15) is 6.07 Å². The van der Waals surface area contributed by atoms with Gasteiger partial charge in [0.2, 0.25) is 0 Å². The molecule has 0 heterocycles. The van der Waals surface area contributed by atoms with Crippen molar-refractivity contribution in [3.05, 3.63) is 24.1 Å². The number of hydrogen-bond acceptors (Lipinski definition) is 2. The summed E-state index contributed by atoms with van der Waals surface area (Å²) in [4.78, 5) is 0. The van der Waals surface area contributed by atoms with Crippen LogP contribution in [0.3, 0.4) is 0 Å². The topological polar surface area (TPSA) is 33.0 Å². The molecule has 0 spiro atoms. The molecule has 0 aromatic rings. The van der Waals surface area contributed by atoms with Crippen LogP contribution >= 0.6 is 0 Å². The molecule has 0 N–H and O–H groups in total. The standard InChI is InChI=1S/C27H44FNO/c1-3-4-5-6-8-11-23-13-15-24(16-14-23)25-17-20-27(30-2,21-18-25)19-10-7-9-12-26(28)22-29/h7,9,12,23-25H,3-6,8,10-11,13-21H2,1-2H3/t23-,24-,25-,27+. The van der Waals surface area contributed by atoms with Gasteiger partial charge in [-0.05, 0) is 75.2 Å². The van der Waals surface area contributed by atoms with E-state index < -0.39 is 5.83 Å². The Bertz CT molecular complexity index is 560. The van der Waals surface area contributed by atoms with Gasteiger partial charge in [-0.3, -0.25) is 0 Å². The van der Waals surface area contributed by atoms with Crippen molar-refractivity contribution < 1.29 is 9.13 Å². The molecule has 0 aromatic carbocycles. The third-order valence-corrected chi connectivity index (χ3v) is 7.90. The van der Waals surface area contributed by atoms with Crippen LogP contribution in [0, 0.1) is 29.1 Å². The molecular formula is C27H44FNO. The van der Waals surface area contributed by atoms with Crippen LogP contribution in [0.25, 0.3) is 0 Å². The van der Waals surface area contributed by atoms with Crippen molar-refractivity contribution in [3.63, 3.8) is 0 Å². The Labute approximate surface area is 185 Å². The molecular weight excluding hydrogens is 373 g/mol. The number of ether oxygens (including phenoxy) is 1. The molecule has 0 amide bonds. The molecule has 0 bridgehead atoms. The summed E-state index contributed by atoms with van der Waals surface area (Å²) < 4.78 is 18.8. The van der Waals surface area contributed by atoms with Gasteiger partial charge >= 0.3 is 0 Å². The van der Waals surface area contributed by atoms with E-state index >= 15 is 0 Å². The number of unbranched alkanes of at least 4 members (excludes halogenated alkanes) is 4. The Morgan fingerprint density at radius 2 is 1.70 bits per heavy atom. The van der Waals surface area contributed by atoms with Gasteiger partial charge in [-0.15, -0.1) is 0 Å². The smallest absolute Gasteiger partial charge is 0.199 e. The molecule has 170 valence electrons. The highest BCUT2D eigenvalue weighted by atomic mass is 19.1. The van der Waals surface area contributed by atoms with E-state index in [2.05, 4.69) is 6.92 Å². The fourth-order valence-electron chi connectivity index (χ4n) is 5.81. The lowest BCUT2D eigenvalue weighted by atomic mass is 9.67. The van der Waals surface area contributed by atoms with E-state index in [-0.39, 0.29) is 5.60 Å². The summed E-state index contributed by atoms with van der Waals surface area (Å²) in [6.45, 7) is 2.29. The van der Waals surface area contributed by atoms with Crippen molar-refractivity contribution in [2.24, 2.45) is 17.8 Å². The first-order valence-electron chi connectivity index (χ1n) is 12.6. The molecule has 2 saturated carbocycles. The quantitative estimate of drug-likeness (QED) is 0.181. The van der Waals surface area contributed by atoms with Crippen molar-refractivity contribution >= 4 is 0 Å². The Morgan fingerprint density at radius 3 is 2.33 bits per heavy atom. The lowest BCUT2D eigenvalue weighted by Crippen LogP contribution is -2.38. The average molecular weight is 418 g/mol. The predicted octanol–water partition coefficient (Wildman–Crippen LogP) is 8.44. The number of nitriles is 1. The minimum absolute atomic E-state index is 0.00593. The third kappa shape index (κ3) is 8.54. The maximum Gasteiger partial charge on any atom is 0.199 e. The van der Waals surface area contributed by atoms with Crippen molar-refractivity contribution in [3.8, 4) is 6.07 Å². The first-order chi connectivity index (χ1) is 14.6. The first-order valence-corrected chi connectivity index (χ1v) is 12.6.